The molecule has 0 heterocycles. The van der Waals surface area contributed by atoms with E-state index < -0.39 is 11.0 Å². The van der Waals surface area contributed by atoms with Crippen LogP contribution in [0.4, 0.5) is 5.69 Å². The largest absolute Gasteiger partial charge is 0.384 e. The van der Waals surface area contributed by atoms with Gasteiger partial charge in [0.1, 0.15) is 0 Å². The van der Waals surface area contributed by atoms with Crippen molar-refractivity contribution >= 4 is 17.8 Å². The molecule has 128 valence electrons. The third kappa shape index (κ3) is 4.22. The molecule has 1 aliphatic rings. The number of aliphatic hydroxyl groups excluding tert-OH is 1. The van der Waals surface area contributed by atoms with Crippen LogP contribution in [-0.2, 0) is 0 Å². The van der Waals surface area contributed by atoms with Crippen molar-refractivity contribution in [3.8, 4) is 0 Å². The fourth-order valence-corrected chi connectivity index (χ4v) is 3.09. The maximum Gasteiger partial charge on any atom is 0.269 e. The fraction of sp³-hybridized carbons (Fsp3) is 0.238. The first-order valence-corrected chi connectivity index (χ1v) is 8.43. The van der Waals surface area contributed by atoms with Crippen LogP contribution >= 0.6 is 0 Å². The van der Waals surface area contributed by atoms with Gasteiger partial charge in [-0.1, -0.05) is 42.0 Å². The highest BCUT2D eigenvalue weighted by molar-refractivity contribution is 5.61. The molecule has 0 saturated heterocycles. The lowest BCUT2D eigenvalue weighted by Crippen LogP contribution is -2.18. The molecule has 1 saturated carbocycles. The standard InChI is InChI=1S/C21H21NO3/c1-15-5-7-16(8-6-15)13-18-3-2-4-19(21(18)23)14-17-9-11-20(12-10-17)22(24)25/h5-14,21,23H,2-4H2,1H3/b18-13-,19-14-. The van der Waals surface area contributed by atoms with E-state index in [0.29, 0.717) is 0 Å². The van der Waals surface area contributed by atoms with Crippen molar-refractivity contribution in [2.75, 3.05) is 0 Å². The molecule has 0 aliphatic heterocycles. The average Bonchev–Trinajstić information content (AvgIpc) is 2.61. The number of benzene rings is 2. The van der Waals surface area contributed by atoms with Crippen LogP contribution in [0.25, 0.3) is 12.2 Å². The van der Waals surface area contributed by atoms with Crippen LogP contribution in [0.15, 0.2) is 59.7 Å². The minimum Gasteiger partial charge on any atom is -0.384 e. The zero-order valence-corrected chi connectivity index (χ0v) is 14.2. The molecule has 0 aromatic heterocycles. The molecule has 0 amide bonds. The van der Waals surface area contributed by atoms with E-state index in [1.165, 1.54) is 17.7 Å². The van der Waals surface area contributed by atoms with Gasteiger partial charge in [0.25, 0.3) is 5.69 Å². The summed E-state index contributed by atoms with van der Waals surface area (Å²) in [5.74, 6) is 0. The lowest BCUT2D eigenvalue weighted by Gasteiger charge is -2.24. The van der Waals surface area contributed by atoms with Crippen LogP contribution in [0.3, 0.4) is 0 Å². The highest BCUT2D eigenvalue weighted by Gasteiger charge is 2.21. The molecular formula is C21H21NO3. The predicted molar refractivity (Wildman–Crippen MR) is 100 cm³/mol. The number of rotatable bonds is 3. The van der Waals surface area contributed by atoms with E-state index in [-0.39, 0.29) is 5.69 Å². The van der Waals surface area contributed by atoms with Crippen molar-refractivity contribution in [2.45, 2.75) is 32.3 Å². The molecule has 1 atom stereocenters. The zero-order chi connectivity index (χ0) is 17.8. The Bertz CT molecular complexity index is 817. The van der Waals surface area contributed by atoms with Gasteiger partial charge >= 0.3 is 0 Å². The van der Waals surface area contributed by atoms with E-state index in [9.17, 15) is 15.2 Å². The Morgan fingerprint density at radius 2 is 1.44 bits per heavy atom. The quantitative estimate of drug-likeness (QED) is 0.640. The summed E-state index contributed by atoms with van der Waals surface area (Å²) in [5.41, 5.74) is 5.23. The molecule has 1 unspecified atom stereocenters. The third-order valence-corrected chi connectivity index (χ3v) is 4.52. The summed E-state index contributed by atoms with van der Waals surface area (Å²) >= 11 is 0. The molecule has 1 N–H and O–H groups in total. The van der Waals surface area contributed by atoms with E-state index in [0.717, 1.165) is 41.5 Å². The van der Waals surface area contributed by atoms with Crippen molar-refractivity contribution in [1.82, 2.24) is 0 Å². The van der Waals surface area contributed by atoms with Gasteiger partial charge in [-0.05, 0) is 60.6 Å². The Balaban J connectivity index is 1.82. The van der Waals surface area contributed by atoms with Gasteiger partial charge < -0.3 is 5.11 Å². The number of aryl methyl sites for hydroxylation is 1. The molecule has 4 nitrogen and oxygen atoms in total. The maximum atomic E-state index is 10.7. The van der Waals surface area contributed by atoms with Crippen LogP contribution < -0.4 is 0 Å². The molecule has 2 aromatic carbocycles. The zero-order valence-electron chi connectivity index (χ0n) is 14.2. The number of nitro benzene ring substituents is 1. The van der Waals surface area contributed by atoms with Gasteiger partial charge in [-0.25, -0.2) is 0 Å². The van der Waals surface area contributed by atoms with Crippen molar-refractivity contribution in [3.05, 3.63) is 86.5 Å². The summed E-state index contributed by atoms with van der Waals surface area (Å²) in [5, 5.41) is 21.4. The van der Waals surface area contributed by atoms with Crippen LogP contribution in [0.5, 0.6) is 0 Å². The molecule has 4 heteroatoms. The minimum absolute atomic E-state index is 0.0753. The number of aliphatic hydroxyl groups is 1. The molecular weight excluding hydrogens is 314 g/mol. The second-order valence-electron chi connectivity index (χ2n) is 6.45. The third-order valence-electron chi connectivity index (χ3n) is 4.52. The van der Waals surface area contributed by atoms with Gasteiger partial charge in [0, 0.05) is 12.1 Å². The van der Waals surface area contributed by atoms with Gasteiger partial charge in [0.15, 0.2) is 0 Å². The summed E-state index contributed by atoms with van der Waals surface area (Å²) in [6.45, 7) is 2.05. The molecule has 1 aliphatic carbocycles. The van der Waals surface area contributed by atoms with Gasteiger partial charge in [-0.3, -0.25) is 10.1 Å². The number of non-ortho nitro benzene ring substituents is 1. The first-order chi connectivity index (χ1) is 12.0. The number of hydrogen-bond donors (Lipinski definition) is 1. The molecule has 1 fully saturated rings. The Labute approximate surface area is 147 Å². The highest BCUT2D eigenvalue weighted by atomic mass is 16.6. The predicted octanol–water partition coefficient (Wildman–Crippen LogP) is 4.92. The topological polar surface area (TPSA) is 63.4 Å². The summed E-state index contributed by atoms with van der Waals surface area (Å²) in [7, 11) is 0. The number of nitro groups is 1. The normalized spacial score (nSPS) is 20.8. The van der Waals surface area contributed by atoms with Gasteiger partial charge in [0.2, 0.25) is 0 Å². The molecule has 2 aromatic rings. The van der Waals surface area contributed by atoms with Crippen LogP contribution in [0.1, 0.15) is 36.0 Å². The van der Waals surface area contributed by atoms with Crippen molar-refractivity contribution in [1.29, 1.82) is 0 Å². The van der Waals surface area contributed by atoms with E-state index in [2.05, 4.69) is 37.3 Å². The van der Waals surface area contributed by atoms with Crippen molar-refractivity contribution in [3.63, 3.8) is 0 Å². The van der Waals surface area contributed by atoms with Crippen LogP contribution in [-0.4, -0.2) is 16.1 Å². The second-order valence-corrected chi connectivity index (χ2v) is 6.45. The molecule has 0 spiro atoms. The Kier molecular flexibility index (Phi) is 5.10. The summed E-state index contributed by atoms with van der Waals surface area (Å²) in [4.78, 5) is 10.3. The molecule has 0 bridgehead atoms. The van der Waals surface area contributed by atoms with E-state index >= 15 is 0 Å². The monoisotopic (exact) mass is 335 g/mol. The second kappa shape index (κ2) is 7.45. The van der Waals surface area contributed by atoms with E-state index in [4.69, 9.17) is 0 Å². The molecule has 3 rings (SSSR count). The lowest BCUT2D eigenvalue weighted by molar-refractivity contribution is -0.384. The summed E-state index contributed by atoms with van der Waals surface area (Å²) in [6, 6.07) is 14.7. The van der Waals surface area contributed by atoms with Gasteiger partial charge in [0.05, 0.1) is 11.0 Å². The summed E-state index contributed by atoms with van der Waals surface area (Å²) < 4.78 is 0. The number of hydrogen-bond acceptors (Lipinski definition) is 3. The smallest absolute Gasteiger partial charge is 0.269 e. The van der Waals surface area contributed by atoms with Crippen molar-refractivity contribution in [2.24, 2.45) is 0 Å². The van der Waals surface area contributed by atoms with E-state index in [1.807, 2.05) is 6.08 Å². The maximum absolute atomic E-state index is 10.7. The van der Waals surface area contributed by atoms with Gasteiger partial charge in [-0.2, -0.15) is 0 Å². The fourth-order valence-electron chi connectivity index (χ4n) is 3.09. The van der Waals surface area contributed by atoms with Gasteiger partial charge in [-0.15, -0.1) is 0 Å². The average molecular weight is 335 g/mol. The van der Waals surface area contributed by atoms with E-state index in [1.54, 1.807) is 12.1 Å². The lowest BCUT2D eigenvalue weighted by atomic mass is 9.85. The number of nitrogens with zero attached hydrogens (tertiary/aromatic N) is 1. The van der Waals surface area contributed by atoms with Crippen LogP contribution in [0.2, 0.25) is 0 Å². The Hall–Kier alpha value is -2.72. The molecule has 25 heavy (non-hydrogen) atoms. The summed E-state index contributed by atoms with van der Waals surface area (Å²) in [6.07, 6.45) is 6.12. The van der Waals surface area contributed by atoms with Crippen LogP contribution in [0, 0.1) is 17.0 Å². The SMILES string of the molecule is Cc1ccc(/C=C2/CCC/C(=C/c3ccc([N+](=O)[O-])cc3)C2O)cc1. The highest BCUT2D eigenvalue weighted by Crippen LogP contribution is 2.31. The first kappa shape index (κ1) is 17.1. The van der Waals surface area contributed by atoms with Crippen molar-refractivity contribution < 1.29 is 10.0 Å². The Morgan fingerprint density at radius 3 is 1.92 bits per heavy atom. The minimum atomic E-state index is -0.592. The first-order valence-electron chi connectivity index (χ1n) is 8.43. The molecule has 0 radical (unpaired) electrons. The Morgan fingerprint density at radius 1 is 0.960 bits per heavy atom.